The summed E-state index contributed by atoms with van der Waals surface area (Å²) in [6, 6.07) is 41.5. The SMILES string of the molecule is CCCNCC(c1ccccc1)P(=Nc1ccc(C)cc1)(c1ccccc1)c1ccccc1. The zero-order valence-electron chi connectivity index (χ0n) is 19.6. The number of nitrogens with zero attached hydrogens (tertiary/aromatic N) is 1. The summed E-state index contributed by atoms with van der Waals surface area (Å²) < 4.78 is 5.70. The van der Waals surface area contributed by atoms with Crippen molar-refractivity contribution in [1.29, 1.82) is 0 Å². The Morgan fingerprint density at radius 3 is 1.73 bits per heavy atom. The van der Waals surface area contributed by atoms with Gasteiger partial charge in [0, 0.05) is 19.3 Å². The summed E-state index contributed by atoms with van der Waals surface area (Å²) in [4.78, 5) is 0. The van der Waals surface area contributed by atoms with Gasteiger partial charge in [-0.15, -0.1) is 0 Å². The minimum Gasteiger partial charge on any atom is -0.316 e. The molecule has 0 radical (unpaired) electrons. The monoisotopic (exact) mass is 452 g/mol. The van der Waals surface area contributed by atoms with Gasteiger partial charge in [0.2, 0.25) is 0 Å². The van der Waals surface area contributed by atoms with Crippen LogP contribution in [-0.2, 0) is 0 Å². The van der Waals surface area contributed by atoms with E-state index in [2.05, 4.69) is 134 Å². The van der Waals surface area contributed by atoms with Crippen LogP contribution in [0.15, 0.2) is 120 Å². The summed E-state index contributed by atoms with van der Waals surface area (Å²) in [5, 5.41) is 6.36. The van der Waals surface area contributed by atoms with Crippen molar-refractivity contribution in [2.24, 2.45) is 4.74 Å². The van der Waals surface area contributed by atoms with Gasteiger partial charge in [0.15, 0.2) is 0 Å². The lowest BCUT2D eigenvalue weighted by Gasteiger charge is -2.35. The van der Waals surface area contributed by atoms with Crippen molar-refractivity contribution in [3.63, 3.8) is 0 Å². The first-order valence-corrected chi connectivity index (χ1v) is 13.6. The molecule has 4 rings (SSSR count). The first-order chi connectivity index (χ1) is 16.2. The van der Waals surface area contributed by atoms with Crippen LogP contribution in [0.25, 0.3) is 0 Å². The lowest BCUT2D eigenvalue weighted by Crippen LogP contribution is -2.29. The average molecular weight is 453 g/mol. The number of nitrogens with one attached hydrogen (secondary N) is 1. The van der Waals surface area contributed by atoms with Gasteiger partial charge in [-0.05, 0) is 48.2 Å². The molecule has 1 atom stereocenters. The predicted octanol–water partition coefficient (Wildman–Crippen LogP) is 7.22. The number of hydrogen-bond donors (Lipinski definition) is 1. The number of hydrogen-bond acceptors (Lipinski definition) is 2. The fourth-order valence-electron chi connectivity index (χ4n) is 4.35. The van der Waals surface area contributed by atoms with E-state index in [-0.39, 0.29) is 5.66 Å². The smallest absolute Gasteiger partial charge is 0.0621 e. The highest BCUT2D eigenvalue weighted by atomic mass is 31.2. The molecule has 0 aliphatic heterocycles. The summed E-state index contributed by atoms with van der Waals surface area (Å²) in [5.74, 6) is 0. The topological polar surface area (TPSA) is 24.4 Å². The molecule has 3 heteroatoms. The second kappa shape index (κ2) is 11.3. The second-order valence-electron chi connectivity index (χ2n) is 8.42. The van der Waals surface area contributed by atoms with Crippen molar-refractivity contribution in [3.05, 3.63) is 126 Å². The van der Waals surface area contributed by atoms with E-state index >= 15 is 0 Å². The lowest BCUT2D eigenvalue weighted by molar-refractivity contribution is 0.661. The fourth-order valence-corrected chi connectivity index (χ4v) is 8.49. The molecule has 0 saturated heterocycles. The summed E-state index contributed by atoms with van der Waals surface area (Å²) in [5.41, 5.74) is 3.84. The molecule has 0 bridgehead atoms. The van der Waals surface area contributed by atoms with Gasteiger partial charge < -0.3 is 5.32 Å². The molecule has 4 aromatic rings. The summed E-state index contributed by atoms with van der Waals surface area (Å²) >= 11 is 0. The maximum Gasteiger partial charge on any atom is 0.0621 e. The van der Waals surface area contributed by atoms with E-state index in [0.717, 1.165) is 25.2 Å². The van der Waals surface area contributed by atoms with E-state index in [1.54, 1.807) is 0 Å². The third-order valence-corrected chi connectivity index (χ3v) is 10.1. The fraction of sp³-hybridized carbons (Fsp3) is 0.200. The third kappa shape index (κ3) is 5.36. The molecule has 2 nitrogen and oxygen atoms in total. The Kier molecular flexibility index (Phi) is 7.94. The van der Waals surface area contributed by atoms with E-state index in [4.69, 9.17) is 4.74 Å². The molecule has 0 fully saturated rings. The Hall–Kier alpha value is -2.93. The minimum absolute atomic E-state index is 0.219. The van der Waals surface area contributed by atoms with E-state index in [9.17, 15) is 0 Å². The molecular weight excluding hydrogens is 419 g/mol. The molecule has 0 aromatic heterocycles. The Balaban J connectivity index is 2.06. The quantitative estimate of drug-likeness (QED) is 0.210. The van der Waals surface area contributed by atoms with Crippen LogP contribution in [-0.4, -0.2) is 13.1 Å². The van der Waals surface area contributed by atoms with Crippen LogP contribution in [0.5, 0.6) is 0 Å². The van der Waals surface area contributed by atoms with Crippen molar-refractivity contribution >= 4 is 23.4 Å². The highest BCUT2D eigenvalue weighted by Crippen LogP contribution is 2.61. The average Bonchev–Trinajstić information content (AvgIpc) is 2.88. The molecule has 4 aromatic carbocycles. The standard InChI is InChI=1S/C30H33N2P/c1-3-23-31-24-30(26-13-7-4-8-14-26)33(28-15-9-5-10-16-28,29-17-11-6-12-18-29)32-27-21-19-25(2)20-22-27/h4-22,30-31H,3,23-24H2,1-2H3. The largest absolute Gasteiger partial charge is 0.316 e. The van der Waals surface area contributed by atoms with Crippen molar-refractivity contribution in [2.45, 2.75) is 25.9 Å². The molecule has 0 saturated carbocycles. The van der Waals surface area contributed by atoms with Gasteiger partial charge in [0.05, 0.1) is 5.69 Å². The van der Waals surface area contributed by atoms with Crippen LogP contribution in [0.2, 0.25) is 0 Å². The first-order valence-electron chi connectivity index (χ1n) is 11.8. The van der Waals surface area contributed by atoms with Crippen LogP contribution in [0.4, 0.5) is 5.69 Å². The predicted molar refractivity (Wildman–Crippen MR) is 145 cm³/mol. The van der Waals surface area contributed by atoms with Crippen LogP contribution >= 0.6 is 7.05 Å². The van der Waals surface area contributed by atoms with E-state index in [1.807, 2.05) is 0 Å². The number of benzene rings is 4. The van der Waals surface area contributed by atoms with Crippen LogP contribution < -0.4 is 15.9 Å². The molecule has 0 aliphatic rings. The minimum atomic E-state index is -2.25. The van der Waals surface area contributed by atoms with Gasteiger partial charge >= 0.3 is 0 Å². The Bertz CT molecular complexity index is 1130. The maximum absolute atomic E-state index is 5.70. The Labute approximate surface area is 198 Å². The Morgan fingerprint density at radius 2 is 1.21 bits per heavy atom. The van der Waals surface area contributed by atoms with Crippen molar-refractivity contribution < 1.29 is 0 Å². The van der Waals surface area contributed by atoms with Gasteiger partial charge in [0.1, 0.15) is 0 Å². The number of aryl methyl sites for hydroxylation is 1. The van der Waals surface area contributed by atoms with Crippen molar-refractivity contribution in [3.8, 4) is 0 Å². The van der Waals surface area contributed by atoms with Gasteiger partial charge in [-0.3, -0.25) is 4.74 Å². The molecule has 1 unspecified atom stereocenters. The van der Waals surface area contributed by atoms with Crippen LogP contribution in [0, 0.1) is 6.92 Å². The maximum atomic E-state index is 5.70. The number of rotatable bonds is 9. The van der Waals surface area contributed by atoms with Gasteiger partial charge in [-0.25, -0.2) is 0 Å². The van der Waals surface area contributed by atoms with Crippen molar-refractivity contribution in [1.82, 2.24) is 5.32 Å². The molecule has 0 spiro atoms. The van der Waals surface area contributed by atoms with Gasteiger partial charge in [0.25, 0.3) is 0 Å². The highest BCUT2D eigenvalue weighted by Gasteiger charge is 2.35. The summed E-state index contributed by atoms with van der Waals surface area (Å²) in [7, 11) is -2.25. The van der Waals surface area contributed by atoms with Gasteiger partial charge in [-0.1, -0.05) is 116 Å². The van der Waals surface area contributed by atoms with E-state index in [0.29, 0.717) is 0 Å². The van der Waals surface area contributed by atoms with Crippen molar-refractivity contribution in [2.75, 3.05) is 13.1 Å². The first kappa shape index (κ1) is 23.2. The normalized spacial score (nSPS) is 12.3. The van der Waals surface area contributed by atoms with E-state index < -0.39 is 7.05 Å². The zero-order valence-corrected chi connectivity index (χ0v) is 20.5. The molecule has 1 N–H and O–H groups in total. The van der Waals surface area contributed by atoms with Crippen LogP contribution in [0.1, 0.15) is 30.1 Å². The molecule has 0 amide bonds. The van der Waals surface area contributed by atoms with Gasteiger partial charge in [-0.2, -0.15) is 0 Å². The summed E-state index contributed by atoms with van der Waals surface area (Å²) in [6.07, 6.45) is 1.11. The summed E-state index contributed by atoms with van der Waals surface area (Å²) in [6.45, 7) is 6.22. The molecule has 33 heavy (non-hydrogen) atoms. The highest BCUT2D eigenvalue weighted by molar-refractivity contribution is 7.81. The third-order valence-electron chi connectivity index (χ3n) is 6.01. The molecule has 0 aliphatic carbocycles. The molecule has 168 valence electrons. The molecule has 0 heterocycles. The second-order valence-corrected chi connectivity index (χ2v) is 11.6. The van der Waals surface area contributed by atoms with Crippen LogP contribution in [0.3, 0.4) is 0 Å². The lowest BCUT2D eigenvalue weighted by atomic mass is 10.1. The zero-order chi connectivity index (χ0) is 22.9. The van der Waals surface area contributed by atoms with E-state index in [1.165, 1.54) is 21.7 Å². The Morgan fingerprint density at radius 1 is 0.697 bits per heavy atom. The molecular formula is C30H33N2P.